The zero-order valence-corrected chi connectivity index (χ0v) is 53.8. The minimum atomic E-state index is 0.698. The Balaban J connectivity index is 0.951. The van der Waals surface area contributed by atoms with Crippen LogP contribution in [0.2, 0.25) is 0 Å². The van der Waals surface area contributed by atoms with Crippen molar-refractivity contribution < 1.29 is 0 Å². The van der Waals surface area contributed by atoms with Gasteiger partial charge in [0.2, 0.25) is 0 Å². The molecule has 17 aromatic carbocycles. The second-order valence-electron chi connectivity index (χ2n) is 25.8. The van der Waals surface area contributed by atoms with E-state index in [1.54, 1.807) is 0 Å². The van der Waals surface area contributed by atoms with Crippen LogP contribution in [0.4, 0.5) is 0 Å². The smallest absolute Gasteiger partial charge is 0.0619 e. The van der Waals surface area contributed by atoms with Crippen molar-refractivity contribution in [1.82, 2.24) is 4.57 Å². The summed E-state index contributed by atoms with van der Waals surface area (Å²) in [6, 6.07) is 136. The molecule has 0 aliphatic carbocycles. The van der Waals surface area contributed by atoms with Gasteiger partial charge >= 0.3 is 0 Å². The number of hydrogen-bond acceptors (Lipinski definition) is 0. The van der Waals surface area contributed by atoms with Crippen LogP contribution in [0.15, 0.2) is 364 Å². The fourth-order valence-electron chi connectivity index (χ4n) is 15.7. The first-order valence-corrected chi connectivity index (χ1v) is 33.8. The van der Waals surface area contributed by atoms with Crippen LogP contribution >= 0.6 is 0 Å². The van der Waals surface area contributed by atoms with Crippen molar-refractivity contribution in [3.8, 4) is 72.6 Å². The van der Waals surface area contributed by atoms with Crippen LogP contribution in [0.3, 0.4) is 0 Å². The van der Waals surface area contributed by atoms with Gasteiger partial charge in [-0.25, -0.2) is 0 Å². The molecule has 0 aliphatic heterocycles. The van der Waals surface area contributed by atoms with E-state index in [9.17, 15) is 0 Å². The molecule has 1 heteroatoms. The molecule has 1 heterocycles. The van der Waals surface area contributed by atoms with Gasteiger partial charge in [-0.3, -0.25) is 0 Å². The molecule has 0 unspecified atom stereocenters. The summed E-state index contributed by atoms with van der Waals surface area (Å²) in [5, 5.41) is 15.8. The number of benzene rings is 17. The van der Waals surface area contributed by atoms with Crippen molar-refractivity contribution in [2.75, 3.05) is 0 Å². The molecule has 0 spiro atoms. The topological polar surface area (TPSA) is 4.93 Å². The predicted molar refractivity (Wildman–Crippen MR) is 415 cm³/mol. The van der Waals surface area contributed by atoms with Gasteiger partial charge in [0.15, 0.2) is 0 Å². The fourth-order valence-corrected chi connectivity index (χ4v) is 15.7. The third-order valence-electron chi connectivity index (χ3n) is 20.2. The average molecular weight is 1230 g/mol. The minimum Gasteiger partial charge on any atom is -0.308 e. The highest BCUT2D eigenvalue weighted by Gasteiger charge is 2.28. The Labute approximate surface area is 565 Å². The van der Waals surface area contributed by atoms with Crippen LogP contribution < -0.4 is 0 Å². The quantitative estimate of drug-likeness (QED) is 0.0849. The summed E-state index contributed by atoms with van der Waals surface area (Å²) in [5.41, 5.74) is 25.0. The number of fused-ring (bicyclic) bond motifs is 7. The third kappa shape index (κ3) is 10.0. The van der Waals surface area contributed by atoms with Crippen molar-refractivity contribution in [3.63, 3.8) is 0 Å². The number of aromatic nitrogens is 1. The lowest BCUT2D eigenvalue weighted by molar-refractivity contribution is 1.15. The van der Waals surface area contributed by atoms with Crippen molar-refractivity contribution >= 4 is 86.7 Å². The number of aryl methyl sites for hydroxylation is 1. The van der Waals surface area contributed by atoms with Gasteiger partial charge in [0.1, 0.15) is 0 Å². The van der Waals surface area contributed by atoms with Gasteiger partial charge in [0.25, 0.3) is 0 Å². The first-order valence-electron chi connectivity index (χ1n) is 33.8. The molecule has 97 heavy (non-hydrogen) atoms. The fraction of sp³-hybridized carbons (Fsp3) is 0.0208. The molecule has 0 fully saturated rings. The molecule has 1 aromatic heterocycles. The summed E-state index contributed by atoms with van der Waals surface area (Å²) in [4.78, 5) is 0. The number of nitrogens with zero attached hydrogens (tertiary/aromatic N) is 1. The molecular formula is C96H65N. The molecule has 18 aromatic rings. The van der Waals surface area contributed by atoms with Crippen molar-refractivity contribution in [3.05, 3.63) is 392 Å². The van der Waals surface area contributed by atoms with Gasteiger partial charge in [-0.05, 0) is 204 Å². The lowest BCUT2D eigenvalue weighted by Crippen LogP contribution is -2.02. The van der Waals surface area contributed by atoms with E-state index in [1.165, 1.54) is 153 Å². The van der Waals surface area contributed by atoms with Gasteiger partial charge in [0, 0.05) is 16.3 Å². The van der Waals surface area contributed by atoms with Crippen LogP contribution in [0.5, 0.6) is 0 Å². The predicted octanol–water partition coefficient (Wildman–Crippen LogP) is 26.1. The summed E-state index contributed by atoms with van der Waals surface area (Å²) >= 11 is 0. The highest BCUT2D eigenvalue weighted by atomic mass is 15.0. The van der Waals surface area contributed by atoms with E-state index in [0.717, 1.165) is 33.6 Å². The molecule has 0 aliphatic rings. The Morgan fingerprint density at radius 2 is 0.691 bits per heavy atom. The standard InChI is InChI=1S/C96H65N/c1-63-56-85-86(60-83(63)92(67-32-10-3-11-33-67)84(66-30-8-2-9-31-66)59-76-52-53-78(80-45-25-24-44-77(76)80)74-50-48-64-28-20-22-42-72(64)57-74)94(69-36-14-5-15-37-69)88-62-91-89(61-87(88)93(85)68-34-12-4-13-35-68)95(70-38-16-6-17-39-70)96(71-40-18-7-19-41-71)97(91)90-55-54-79(81-46-26-27-47-82(81)90)75-51-49-65-29-21-23-43-73(65)58-75/h2-58,60-62H,59H2,1H3/b92-84+. The van der Waals surface area contributed by atoms with Gasteiger partial charge in [-0.2, -0.15) is 0 Å². The Bertz CT molecular complexity index is 6100. The van der Waals surface area contributed by atoms with E-state index in [1.807, 2.05) is 0 Å². The normalized spacial score (nSPS) is 12.0. The second-order valence-corrected chi connectivity index (χ2v) is 25.8. The lowest BCUT2D eigenvalue weighted by atomic mass is 9.80. The van der Waals surface area contributed by atoms with E-state index in [-0.39, 0.29) is 0 Å². The molecule has 0 bridgehead atoms. The number of hydrogen-bond donors (Lipinski definition) is 0. The summed E-state index contributed by atoms with van der Waals surface area (Å²) < 4.78 is 2.60. The largest absolute Gasteiger partial charge is 0.308 e. The first-order chi connectivity index (χ1) is 48.1. The maximum atomic E-state index is 2.60. The van der Waals surface area contributed by atoms with E-state index < -0.39 is 0 Å². The third-order valence-corrected chi connectivity index (χ3v) is 20.2. The Morgan fingerprint density at radius 3 is 1.26 bits per heavy atom. The molecule has 0 amide bonds. The maximum absolute atomic E-state index is 2.60. The molecule has 18 rings (SSSR count). The molecule has 1 nitrogen and oxygen atoms in total. The first kappa shape index (κ1) is 57.3. The SMILES string of the molecule is Cc1cc2c(-c3ccccc3)c3cc4c(-c5ccccc5)c(-c5ccccc5)n(-c5ccc(-c6ccc7ccccc7c6)c6ccccc56)c4cc3c(-c3ccccc3)c2cc1/C(=C(\Cc1ccc(-c2ccc3ccccc3c2)c2ccccc12)c1ccccc1)c1ccccc1. The molecule has 0 saturated heterocycles. The average Bonchev–Trinajstić information content (AvgIpc) is 1.63. The Kier molecular flexibility index (Phi) is 14.3. The zero-order chi connectivity index (χ0) is 64.3. The monoisotopic (exact) mass is 1230 g/mol. The van der Waals surface area contributed by atoms with Crippen molar-refractivity contribution in [2.45, 2.75) is 13.3 Å². The highest BCUT2D eigenvalue weighted by molar-refractivity contribution is 6.26. The van der Waals surface area contributed by atoms with Gasteiger partial charge in [-0.1, -0.05) is 328 Å². The number of rotatable bonds is 12. The minimum absolute atomic E-state index is 0.698. The van der Waals surface area contributed by atoms with Crippen LogP contribution in [-0.2, 0) is 6.42 Å². The van der Waals surface area contributed by atoms with Crippen LogP contribution in [0, 0.1) is 6.92 Å². The van der Waals surface area contributed by atoms with E-state index in [4.69, 9.17) is 0 Å². The van der Waals surface area contributed by atoms with E-state index in [0.29, 0.717) is 6.42 Å². The van der Waals surface area contributed by atoms with E-state index in [2.05, 4.69) is 375 Å². The van der Waals surface area contributed by atoms with E-state index >= 15 is 0 Å². The number of allylic oxidation sites excluding steroid dienone is 1. The Morgan fingerprint density at radius 1 is 0.268 bits per heavy atom. The molecule has 454 valence electrons. The highest BCUT2D eigenvalue weighted by Crippen LogP contribution is 2.52. The van der Waals surface area contributed by atoms with Crippen LogP contribution in [-0.4, -0.2) is 4.57 Å². The summed E-state index contributed by atoms with van der Waals surface area (Å²) in [6.07, 6.45) is 0.698. The molecule has 0 N–H and O–H groups in total. The molecule has 0 radical (unpaired) electrons. The van der Waals surface area contributed by atoms with Crippen LogP contribution in [0.1, 0.15) is 27.8 Å². The van der Waals surface area contributed by atoms with Crippen molar-refractivity contribution in [1.29, 1.82) is 0 Å². The zero-order valence-electron chi connectivity index (χ0n) is 53.8. The summed E-state index contributed by atoms with van der Waals surface area (Å²) in [7, 11) is 0. The van der Waals surface area contributed by atoms with Gasteiger partial charge in [-0.15, -0.1) is 0 Å². The molecule has 0 atom stereocenters. The van der Waals surface area contributed by atoms with Gasteiger partial charge < -0.3 is 4.57 Å². The lowest BCUT2D eigenvalue weighted by Gasteiger charge is -2.24. The second kappa shape index (κ2) is 24.2. The Hall–Kier alpha value is -12.4. The van der Waals surface area contributed by atoms with Crippen molar-refractivity contribution in [2.24, 2.45) is 0 Å². The van der Waals surface area contributed by atoms with Crippen LogP contribution in [0.25, 0.3) is 159 Å². The molecular weight excluding hydrogens is 1170 g/mol. The van der Waals surface area contributed by atoms with Gasteiger partial charge in [0.05, 0.1) is 16.9 Å². The summed E-state index contributed by atoms with van der Waals surface area (Å²) in [5.74, 6) is 0. The summed E-state index contributed by atoms with van der Waals surface area (Å²) in [6.45, 7) is 2.34. The maximum Gasteiger partial charge on any atom is 0.0619 e. The molecule has 0 saturated carbocycles.